The van der Waals surface area contributed by atoms with Crippen LogP contribution in [0.25, 0.3) is 11.3 Å². The number of alkyl halides is 1. The number of ether oxygens (including phenoxy) is 2. The van der Waals surface area contributed by atoms with Crippen LogP contribution < -0.4 is 15.2 Å². The predicted molar refractivity (Wildman–Crippen MR) is 64.0 cm³/mol. The van der Waals surface area contributed by atoms with Crippen molar-refractivity contribution in [2.75, 3.05) is 12.5 Å². The third-order valence-electron chi connectivity index (χ3n) is 2.88. The number of benzene rings is 1. The number of nitrogen functional groups attached to an aromatic ring is 1. The molecule has 1 aromatic heterocycles. The van der Waals surface area contributed by atoms with Crippen molar-refractivity contribution in [2.45, 2.75) is 6.67 Å². The van der Waals surface area contributed by atoms with Gasteiger partial charge in [-0.3, -0.25) is 4.68 Å². The number of nitrogens with two attached hydrogens (primary N) is 1. The van der Waals surface area contributed by atoms with Crippen LogP contribution in [0.2, 0.25) is 0 Å². The maximum Gasteiger partial charge on any atom is 0.231 e. The molecule has 0 spiro atoms. The number of rotatable bonds is 2. The fourth-order valence-corrected chi connectivity index (χ4v) is 1.95. The summed E-state index contributed by atoms with van der Waals surface area (Å²) in [6.07, 6.45) is 0. The minimum Gasteiger partial charge on any atom is -0.454 e. The molecule has 6 heteroatoms. The molecule has 1 aliphatic rings. The summed E-state index contributed by atoms with van der Waals surface area (Å²) in [5.41, 5.74) is 7.62. The molecule has 1 aliphatic heterocycles. The van der Waals surface area contributed by atoms with Gasteiger partial charge < -0.3 is 15.2 Å². The molecule has 0 aliphatic carbocycles. The zero-order valence-electron chi connectivity index (χ0n) is 9.81. The van der Waals surface area contributed by atoms with Gasteiger partial charge >= 0.3 is 0 Å². The van der Waals surface area contributed by atoms with Crippen LogP contribution in [0.5, 0.6) is 11.5 Å². The maximum absolute atomic E-state index is 12.8. The molecular formula is C12H12FN3O2. The molecule has 0 fully saturated rings. The number of anilines is 1. The van der Waals surface area contributed by atoms with E-state index >= 15 is 0 Å². The lowest BCUT2D eigenvalue weighted by molar-refractivity contribution is 0.174. The molecule has 5 nitrogen and oxygen atoms in total. The van der Waals surface area contributed by atoms with E-state index < -0.39 is 6.67 Å². The molecule has 2 N–H and O–H groups in total. The van der Waals surface area contributed by atoms with Crippen LogP contribution in [0.3, 0.4) is 0 Å². The Kier molecular flexibility index (Phi) is 2.36. The normalized spacial score (nSPS) is 13.0. The largest absolute Gasteiger partial charge is 0.454 e. The van der Waals surface area contributed by atoms with Crippen molar-refractivity contribution >= 4 is 5.82 Å². The minimum absolute atomic E-state index is 0.139. The van der Waals surface area contributed by atoms with Gasteiger partial charge in [-0.05, 0) is 17.7 Å². The van der Waals surface area contributed by atoms with E-state index in [1.54, 1.807) is 29.9 Å². The molecule has 1 aromatic carbocycles. The van der Waals surface area contributed by atoms with Crippen molar-refractivity contribution in [2.24, 2.45) is 7.05 Å². The van der Waals surface area contributed by atoms with Crippen LogP contribution in [-0.2, 0) is 13.7 Å². The zero-order valence-corrected chi connectivity index (χ0v) is 9.81. The molecule has 2 aromatic rings. The molecule has 0 radical (unpaired) electrons. The second-order valence-electron chi connectivity index (χ2n) is 4.09. The van der Waals surface area contributed by atoms with Crippen molar-refractivity contribution in [1.82, 2.24) is 9.78 Å². The van der Waals surface area contributed by atoms with Crippen molar-refractivity contribution < 1.29 is 13.9 Å². The quantitative estimate of drug-likeness (QED) is 0.882. The third kappa shape index (κ3) is 1.57. The standard InChI is InChI=1S/C12H12FN3O2/c1-16-11(14)4-9(15-16)8-2-7(5-13)3-10-12(8)18-6-17-10/h2-4H,5-6,14H2,1H3. The molecule has 2 heterocycles. The van der Waals surface area contributed by atoms with Gasteiger partial charge in [-0.25, -0.2) is 4.39 Å². The summed E-state index contributed by atoms with van der Waals surface area (Å²) >= 11 is 0. The SMILES string of the molecule is Cn1nc(-c2cc(CF)cc3c2OCO3)cc1N. The molecule has 0 bridgehead atoms. The van der Waals surface area contributed by atoms with Gasteiger partial charge in [-0.2, -0.15) is 5.10 Å². The first-order valence-corrected chi connectivity index (χ1v) is 5.47. The number of nitrogens with zero attached hydrogens (tertiary/aromatic N) is 2. The first-order chi connectivity index (χ1) is 8.69. The number of halogens is 1. The molecule has 0 atom stereocenters. The summed E-state index contributed by atoms with van der Waals surface area (Å²) in [6.45, 7) is -0.424. The van der Waals surface area contributed by atoms with E-state index in [2.05, 4.69) is 5.10 Å². The van der Waals surface area contributed by atoms with Gasteiger partial charge in [0.2, 0.25) is 6.79 Å². The Morgan fingerprint density at radius 1 is 1.39 bits per heavy atom. The van der Waals surface area contributed by atoms with E-state index in [4.69, 9.17) is 15.2 Å². The van der Waals surface area contributed by atoms with Gasteiger partial charge in [-0.15, -0.1) is 0 Å². The highest BCUT2D eigenvalue weighted by atomic mass is 19.1. The van der Waals surface area contributed by atoms with Gasteiger partial charge in [-0.1, -0.05) is 0 Å². The number of aryl methyl sites for hydroxylation is 1. The van der Waals surface area contributed by atoms with Crippen LogP contribution in [0.15, 0.2) is 18.2 Å². The van der Waals surface area contributed by atoms with E-state index in [0.29, 0.717) is 34.1 Å². The van der Waals surface area contributed by atoms with Crippen molar-refractivity contribution in [3.05, 3.63) is 23.8 Å². The lowest BCUT2D eigenvalue weighted by Gasteiger charge is -2.05. The highest BCUT2D eigenvalue weighted by Gasteiger charge is 2.22. The zero-order chi connectivity index (χ0) is 12.7. The molecular weight excluding hydrogens is 237 g/mol. The Morgan fingerprint density at radius 3 is 2.89 bits per heavy atom. The molecule has 18 heavy (non-hydrogen) atoms. The van der Waals surface area contributed by atoms with E-state index in [-0.39, 0.29) is 6.79 Å². The van der Waals surface area contributed by atoms with E-state index in [1.807, 2.05) is 0 Å². The number of fused-ring (bicyclic) bond motifs is 1. The summed E-state index contributed by atoms with van der Waals surface area (Å²) in [5.74, 6) is 1.66. The molecule has 94 valence electrons. The first kappa shape index (κ1) is 10.9. The summed E-state index contributed by atoms with van der Waals surface area (Å²) in [4.78, 5) is 0. The smallest absolute Gasteiger partial charge is 0.231 e. The molecule has 0 amide bonds. The van der Waals surface area contributed by atoms with Crippen LogP contribution in [-0.4, -0.2) is 16.6 Å². The van der Waals surface area contributed by atoms with Gasteiger partial charge in [0.05, 0.1) is 5.69 Å². The number of hydrogen-bond donors (Lipinski definition) is 1. The summed E-state index contributed by atoms with van der Waals surface area (Å²) in [5, 5.41) is 4.27. The van der Waals surface area contributed by atoms with Gasteiger partial charge in [0.15, 0.2) is 11.5 Å². The van der Waals surface area contributed by atoms with Gasteiger partial charge in [0, 0.05) is 18.7 Å². The summed E-state index contributed by atoms with van der Waals surface area (Å²) < 4.78 is 25.1. The monoisotopic (exact) mass is 249 g/mol. The van der Waals surface area contributed by atoms with Crippen LogP contribution in [0.1, 0.15) is 5.56 Å². The molecule has 0 unspecified atom stereocenters. The lowest BCUT2D eigenvalue weighted by Crippen LogP contribution is -1.96. The van der Waals surface area contributed by atoms with Crippen LogP contribution in [0, 0.1) is 0 Å². The fourth-order valence-electron chi connectivity index (χ4n) is 1.95. The Hall–Kier alpha value is -2.24. The topological polar surface area (TPSA) is 62.3 Å². The third-order valence-corrected chi connectivity index (χ3v) is 2.88. The van der Waals surface area contributed by atoms with E-state index in [0.717, 1.165) is 0 Å². The van der Waals surface area contributed by atoms with Crippen molar-refractivity contribution in [1.29, 1.82) is 0 Å². The Morgan fingerprint density at radius 2 is 2.22 bits per heavy atom. The number of hydrogen-bond acceptors (Lipinski definition) is 4. The first-order valence-electron chi connectivity index (χ1n) is 5.47. The molecule has 3 rings (SSSR count). The Balaban J connectivity index is 2.19. The Bertz CT molecular complexity index is 590. The molecule has 0 saturated heterocycles. The van der Waals surface area contributed by atoms with Gasteiger partial charge in [0.1, 0.15) is 12.5 Å². The van der Waals surface area contributed by atoms with E-state index in [1.165, 1.54) is 0 Å². The van der Waals surface area contributed by atoms with Crippen LogP contribution >= 0.6 is 0 Å². The van der Waals surface area contributed by atoms with Gasteiger partial charge in [0.25, 0.3) is 0 Å². The average molecular weight is 249 g/mol. The molecule has 0 saturated carbocycles. The van der Waals surface area contributed by atoms with Crippen LogP contribution in [0.4, 0.5) is 10.2 Å². The van der Waals surface area contributed by atoms with E-state index in [9.17, 15) is 4.39 Å². The lowest BCUT2D eigenvalue weighted by atomic mass is 10.1. The van der Waals surface area contributed by atoms with Crippen molar-refractivity contribution in [3.63, 3.8) is 0 Å². The predicted octanol–water partition coefficient (Wildman–Crippen LogP) is 1.87. The maximum atomic E-state index is 12.8. The fraction of sp³-hybridized carbons (Fsp3) is 0.250. The summed E-state index contributed by atoms with van der Waals surface area (Å²) in [7, 11) is 1.75. The minimum atomic E-state index is -0.564. The summed E-state index contributed by atoms with van der Waals surface area (Å²) in [6, 6.07) is 5.06. The Labute approximate surface area is 103 Å². The highest BCUT2D eigenvalue weighted by Crippen LogP contribution is 2.42. The average Bonchev–Trinajstić information content (AvgIpc) is 2.95. The van der Waals surface area contributed by atoms with Crippen molar-refractivity contribution in [3.8, 4) is 22.8 Å². The highest BCUT2D eigenvalue weighted by molar-refractivity contribution is 5.74. The second-order valence-corrected chi connectivity index (χ2v) is 4.09. The second kappa shape index (κ2) is 3.90. The number of aromatic nitrogens is 2.